The van der Waals surface area contributed by atoms with Gasteiger partial charge < -0.3 is 15.0 Å². The van der Waals surface area contributed by atoms with Gasteiger partial charge in [0, 0.05) is 12.6 Å². The zero-order valence-corrected chi connectivity index (χ0v) is 10.9. The summed E-state index contributed by atoms with van der Waals surface area (Å²) in [5.74, 6) is 0.792. The Hall–Kier alpha value is -0.610. The van der Waals surface area contributed by atoms with Gasteiger partial charge in [-0.2, -0.15) is 0 Å². The Morgan fingerprint density at radius 1 is 1.41 bits per heavy atom. The van der Waals surface area contributed by atoms with Crippen molar-refractivity contribution in [2.75, 3.05) is 26.2 Å². The van der Waals surface area contributed by atoms with E-state index in [0.717, 1.165) is 12.3 Å². The summed E-state index contributed by atoms with van der Waals surface area (Å²) in [4.78, 5) is 13.5. The number of hydrogen-bond acceptors (Lipinski definition) is 3. The minimum atomic E-state index is 0.0240. The van der Waals surface area contributed by atoms with Gasteiger partial charge in [-0.1, -0.05) is 0 Å². The van der Waals surface area contributed by atoms with E-state index in [2.05, 4.69) is 24.1 Å². The summed E-state index contributed by atoms with van der Waals surface area (Å²) in [6, 6.07) is 0.668. The van der Waals surface area contributed by atoms with Crippen LogP contribution in [0.5, 0.6) is 0 Å². The van der Waals surface area contributed by atoms with Crippen molar-refractivity contribution in [2.24, 2.45) is 5.92 Å². The maximum atomic E-state index is 11.0. The molecule has 0 saturated carbocycles. The van der Waals surface area contributed by atoms with Crippen molar-refractivity contribution in [3.63, 3.8) is 0 Å². The largest absolute Gasteiger partial charge is 0.367 e. The molecule has 1 unspecified atom stereocenters. The predicted octanol–water partition coefficient (Wildman–Crippen LogP) is 1.01. The Bertz CT molecular complexity index is 250. The standard InChI is InChI=1S/C13H24N2O2/c1-10(2)15-5-3-11(4-6-15)7-12-8-14-13(16)9-17-12/h10-12H,3-9H2,1-2H3,(H,14,16). The Kier molecular flexibility index (Phi) is 4.40. The number of rotatable bonds is 3. The Labute approximate surface area is 104 Å². The SMILES string of the molecule is CC(C)N1CCC(CC2CNC(=O)CO2)CC1. The molecule has 0 aromatic heterocycles. The highest BCUT2D eigenvalue weighted by molar-refractivity contribution is 5.77. The van der Waals surface area contributed by atoms with Crippen molar-refractivity contribution in [3.8, 4) is 0 Å². The molecule has 0 aromatic carbocycles. The molecule has 2 rings (SSSR count). The summed E-state index contributed by atoms with van der Waals surface area (Å²) in [7, 11) is 0. The van der Waals surface area contributed by atoms with E-state index in [1.54, 1.807) is 0 Å². The first-order chi connectivity index (χ1) is 8.15. The highest BCUT2D eigenvalue weighted by atomic mass is 16.5. The second kappa shape index (κ2) is 5.83. The van der Waals surface area contributed by atoms with Gasteiger partial charge in [-0.05, 0) is 52.1 Å². The molecule has 1 amide bonds. The lowest BCUT2D eigenvalue weighted by molar-refractivity contribution is -0.134. The average Bonchev–Trinajstić information content (AvgIpc) is 2.33. The van der Waals surface area contributed by atoms with Crippen molar-refractivity contribution < 1.29 is 9.53 Å². The van der Waals surface area contributed by atoms with E-state index in [4.69, 9.17) is 4.74 Å². The number of hydrogen-bond donors (Lipinski definition) is 1. The highest BCUT2D eigenvalue weighted by Gasteiger charge is 2.26. The van der Waals surface area contributed by atoms with Crippen molar-refractivity contribution in [1.29, 1.82) is 0 Å². The van der Waals surface area contributed by atoms with Crippen molar-refractivity contribution >= 4 is 5.91 Å². The molecule has 2 aliphatic heterocycles. The van der Waals surface area contributed by atoms with Crippen LogP contribution in [0.1, 0.15) is 33.1 Å². The monoisotopic (exact) mass is 240 g/mol. The number of carbonyl (C=O) groups excluding carboxylic acids is 1. The quantitative estimate of drug-likeness (QED) is 0.800. The lowest BCUT2D eigenvalue weighted by Gasteiger charge is -2.36. The first-order valence-corrected chi connectivity index (χ1v) is 6.77. The van der Waals surface area contributed by atoms with E-state index in [1.165, 1.54) is 25.9 Å². The van der Waals surface area contributed by atoms with Gasteiger partial charge in [0.15, 0.2) is 0 Å². The molecule has 0 aromatic rings. The van der Waals surface area contributed by atoms with Crippen molar-refractivity contribution in [2.45, 2.75) is 45.3 Å². The van der Waals surface area contributed by atoms with Crippen LogP contribution >= 0.6 is 0 Å². The fourth-order valence-electron chi connectivity index (χ4n) is 2.76. The fraction of sp³-hybridized carbons (Fsp3) is 0.923. The Morgan fingerprint density at radius 2 is 2.12 bits per heavy atom. The second-order valence-electron chi connectivity index (χ2n) is 5.55. The molecule has 1 atom stereocenters. The van der Waals surface area contributed by atoms with Gasteiger partial charge in [-0.3, -0.25) is 4.79 Å². The Morgan fingerprint density at radius 3 is 2.65 bits per heavy atom. The van der Waals surface area contributed by atoms with Gasteiger partial charge in [0.05, 0.1) is 6.10 Å². The molecule has 98 valence electrons. The van der Waals surface area contributed by atoms with Gasteiger partial charge in [-0.15, -0.1) is 0 Å². The molecule has 4 heteroatoms. The van der Waals surface area contributed by atoms with E-state index >= 15 is 0 Å². The van der Waals surface area contributed by atoms with Crippen LogP contribution in [0, 0.1) is 5.92 Å². The molecule has 2 fully saturated rings. The maximum absolute atomic E-state index is 11.0. The van der Waals surface area contributed by atoms with E-state index in [9.17, 15) is 4.79 Å². The first-order valence-electron chi connectivity index (χ1n) is 6.77. The average molecular weight is 240 g/mol. The van der Waals surface area contributed by atoms with Gasteiger partial charge in [0.2, 0.25) is 5.91 Å². The van der Waals surface area contributed by atoms with E-state index in [-0.39, 0.29) is 18.6 Å². The van der Waals surface area contributed by atoms with Gasteiger partial charge in [0.25, 0.3) is 0 Å². The van der Waals surface area contributed by atoms with E-state index in [0.29, 0.717) is 12.6 Å². The van der Waals surface area contributed by atoms with Gasteiger partial charge >= 0.3 is 0 Å². The molecule has 2 aliphatic rings. The third-order valence-electron chi connectivity index (χ3n) is 3.95. The summed E-state index contributed by atoms with van der Waals surface area (Å²) >= 11 is 0. The molecule has 17 heavy (non-hydrogen) atoms. The van der Waals surface area contributed by atoms with Crippen LogP contribution in [0.3, 0.4) is 0 Å². The lowest BCUT2D eigenvalue weighted by atomic mass is 9.90. The minimum absolute atomic E-state index is 0.0240. The normalized spacial score (nSPS) is 28.4. The summed E-state index contributed by atoms with van der Waals surface area (Å²) in [6.45, 7) is 7.89. The summed E-state index contributed by atoms with van der Waals surface area (Å²) in [5.41, 5.74) is 0. The number of likely N-dealkylation sites (tertiary alicyclic amines) is 1. The number of nitrogens with zero attached hydrogens (tertiary/aromatic N) is 1. The minimum Gasteiger partial charge on any atom is -0.367 e. The number of morpholine rings is 1. The van der Waals surface area contributed by atoms with Gasteiger partial charge in [0.1, 0.15) is 6.61 Å². The smallest absolute Gasteiger partial charge is 0.246 e. The fourth-order valence-corrected chi connectivity index (χ4v) is 2.76. The van der Waals surface area contributed by atoms with Gasteiger partial charge in [-0.25, -0.2) is 0 Å². The molecule has 0 radical (unpaired) electrons. The second-order valence-corrected chi connectivity index (χ2v) is 5.55. The van der Waals surface area contributed by atoms with Crippen LogP contribution in [0.2, 0.25) is 0 Å². The molecule has 0 spiro atoms. The van der Waals surface area contributed by atoms with E-state index < -0.39 is 0 Å². The zero-order valence-electron chi connectivity index (χ0n) is 10.9. The zero-order chi connectivity index (χ0) is 12.3. The molecule has 2 heterocycles. The highest BCUT2D eigenvalue weighted by Crippen LogP contribution is 2.24. The number of nitrogens with one attached hydrogen (secondary N) is 1. The third kappa shape index (κ3) is 3.68. The van der Waals surface area contributed by atoms with Crippen LogP contribution in [-0.2, 0) is 9.53 Å². The van der Waals surface area contributed by atoms with Crippen LogP contribution in [-0.4, -0.2) is 49.2 Å². The lowest BCUT2D eigenvalue weighted by Crippen LogP contribution is -2.45. The summed E-state index contributed by atoms with van der Waals surface area (Å²) < 4.78 is 5.54. The predicted molar refractivity (Wildman–Crippen MR) is 66.8 cm³/mol. The molecule has 1 N–H and O–H groups in total. The molecular formula is C13H24N2O2. The topological polar surface area (TPSA) is 41.6 Å². The summed E-state index contributed by atoms with van der Waals surface area (Å²) in [6.07, 6.45) is 3.88. The Balaban J connectivity index is 1.69. The molecule has 0 bridgehead atoms. The van der Waals surface area contributed by atoms with Crippen LogP contribution in [0.4, 0.5) is 0 Å². The number of amides is 1. The van der Waals surface area contributed by atoms with E-state index in [1.807, 2.05) is 0 Å². The first kappa shape index (κ1) is 12.8. The number of carbonyl (C=O) groups is 1. The molecule has 4 nitrogen and oxygen atoms in total. The van der Waals surface area contributed by atoms with Crippen LogP contribution in [0.15, 0.2) is 0 Å². The van der Waals surface area contributed by atoms with Crippen molar-refractivity contribution in [1.82, 2.24) is 10.2 Å². The third-order valence-corrected chi connectivity index (χ3v) is 3.95. The summed E-state index contributed by atoms with van der Waals surface area (Å²) in [5, 5.41) is 2.87. The molecule has 2 saturated heterocycles. The van der Waals surface area contributed by atoms with Crippen molar-refractivity contribution in [3.05, 3.63) is 0 Å². The van der Waals surface area contributed by atoms with Crippen LogP contribution < -0.4 is 5.32 Å². The number of piperidine rings is 1. The molecule has 0 aliphatic carbocycles. The molecular weight excluding hydrogens is 216 g/mol. The number of ether oxygens (including phenoxy) is 1. The maximum Gasteiger partial charge on any atom is 0.246 e. The van der Waals surface area contributed by atoms with Crippen LogP contribution in [0.25, 0.3) is 0 Å².